The lowest BCUT2D eigenvalue weighted by atomic mass is 9.54. The van der Waals surface area contributed by atoms with Gasteiger partial charge in [0.2, 0.25) is 0 Å². The summed E-state index contributed by atoms with van der Waals surface area (Å²) in [5.41, 5.74) is 1.17. The molecule has 0 aromatic heterocycles. The van der Waals surface area contributed by atoms with E-state index in [0.29, 0.717) is 16.2 Å². The lowest BCUT2D eigenvalue weighted by molar-refractivity contribution is -0.0147. The first-order valence-electron chi connectivity index (χ1n) is 9.56. The minimum absolute atomic E-state index is 0.371. The van der Waals surface area contributed by atoms with Crippen LogP contribution < -0.4 is 0 Å². The molecule has 0 nitrogen and oxygen atoms in total. The summed E-state index contributed by atoms with van der Waals surface area (Å²) in [4.78, 5) is 0. The molecule has 0 aromatic carbocycles. The molecule has 0 aliphatic heterocycles. The molecule has 0 heteroatoms. The van der Waals surface area contributed by atoms with Crippen LogP contribution in [0.3, 0.4) is 0 Å². The summed E-state index contributed by atoms with van der Waals surface area (Å²) < 4.78 is 0. The monoisotopic (exact) mass is 296 g/mol. The van der Waals surface area contributed by atoms with E-state index in [1.54, 1.807) is 0 Å². The Hall–Kier alpha value is 0. The van der Waals surface area contributed by atoms with Gasteiger partial charge in [0.25, 0.3) is 0 Å². The highest BCUT2D eigenvalue weighted by Crippen LogP contribution is 2.53. The Balaban J connectivity index is 3.86. The van der Waals surface area contributed by atoms with Gasteiger partial charge in [-0.25, -0.2) is 0 Å². The Morgan fingerprint density at radius 1 is 0.524 bits per heavy atom. The van der Waals surface area contributed by atoms with Gasteiger partial charge in [-0.1, -0.05) is 113 Å². The Morgan fingerprint density at radius 3 is 1.29 bits per heavy atom. The smallest absolute Gasteiger partial charge is 0.0254 e. The normalized spacial score (nSPS) is 13.7. The fourth-order valence-electron chi connectivity index (χ4n) is 3.21. The first-order chi connectivity index (χ1) is 9.56. The highest BCUT2D eigenvalue weighted by Gasteiger charge is 2.44. The highest BCUT2D eigenvalue weighted by molar-refractivity contribution is 4.94. The molecule has 0 aromatic rings. The lowest BCUT2D eigenvalue weighted by Crippen LogP contribution is -2.42. The maximum absolute atomic E-state index is 2.48. The molecule has 0 aliphatic carbocycles. The molecule has 21 heavy (non-hydrogen) atoms. The fourth-order valence-corrected chi connectivity index (χ4v) is 3.21. The number of hydrogen-bond donors (Lipinski definition) is 0. The molecule has 0 atom stereocenters. The van der Waals surface area contributed by atoms with E-state index >= 15 is 0 Å². The Kier molecular flexibility index (Phi) is 9.21. The van der Waals surface area contributed by atoms with Crippen LogP contribution >= 0.6 is 0 Å². The van der Waals surface area contributed by atoms with Crippen molar-refractivity contribution in [2.45, 2.75) is 120 Å². The summed E-state index contributed by atoms with van der Waals surface area (Å²) in [5, 5.41) is 0. The minimum Gasteiger partial charge on any atom is -0.0654 e. The molecule has 0 radical (unpaired) electrons. The van der Waals surface area contributed by atoms with Crippen LogP contribution in [0.4, 0.5) is 0 Å². The molecule has 0 N–H and O–H groups in total. The molecule has 0 aliphatic rings. The molecule has 0 rings (SSSR count). The van der Waals surface area contributed by atoms with Gasteiger partial charge in [0, 0.05) is 0 Å². The van der Waals surface area contributed by atoms with E-state index in [1.807, 2.05) is 0 Å². The van der Waals surface area contributed by atoms with Crippen LogP contribution in [0.25, 0.3) is 0 Å². The van der Waals surface area contributed by atoms with Crippen LogP contribution in [0.5, 0.6) is 0 Å². The summed E-state index contributed by atoms with van der Waals surface area (Å²) >= 11 is 0. The van der Waals surface area contributed by atoms with Gasteiger partial charge in [-0.2, -0.15) is 0 Å². The zero-order valence-corrected chi connectivity index (χ0v) is 16.6. The van der Waals surface area contributed by atoms with E-state index in [4.69, 9.17) is 0 Å². The van der Waals surface area contributed by atoms with Crippen molar-refractivity contribution in [3.8, 4) is 0 Å². The predicted octanol–water partition coefficient (Wildman–Crippen LogP) is 8.01. The van der Waals surface area contributed by atoms with E-state index in [2.05, 4.69) is 55.4 Å². The van der Waals surface area contributed by atoms with Crippen molar-refractivity contribution in [3.05, 3.63) is 0 Å². The SMILES string of the molecule is CCCCCCCCCCCC(C)(C)C(C)(C)C(C)(C)C. The molecule has 0 bridgehead atoms. The number of hydrogen-bond acceptors (Lipinski definition) is 0. The molecular formula is C21H44. The van der Waals surface area contributed by atoms with Gasteiger partial charge in [0.1, 0.15) is 0 Å². The van der Waals surface area contributed by atoms with Crippen molar-refractivity contribution >= 4 is 0 Å². The van der Waals surface area contributed by atoms with Gasteiger partial charge < -0.3 is 0 Å². The van der Waals surface area contributed by atoms with Crippen LogP contribution in [0.2, 0.25) is 0 Å². The summed E-state index contributed by atoms with van der Waals surface area (Å²) in [6.07, 6.45) is 14.2. The summed E-state index contributed by atoms with van der Waals surface area (Å²) in [6, 6.07) is 0. The second kappa shape index (κ2) is 9.21. The van der Waals surface area contributed by atoms with Crippen molar-refractivity contribution in [2.75, 3.05) is 0 Å². The number of rotatable bonds is 11. The molecule has 0 spiro atoms. The van der Waals surface area contributed by atoms with E-state index in [-0.39, 0.29) is 0 Å². The molecule has 0 amide bonds. The molecule has 0 saturated carbocycles. The van der Waals surface area contributed by atoms with E-state index in [0.717, 1.165) is 0 Å². The van der Waals surface area contributed by atoms with E-state index < -0.39 is 0 Å². The summed E-state index contributed by atoms with van der Waals surface area (Å²) in [5.74, 6) is 0. The third-order valence-corrected chi connectivity index (χ3v) is 6.47. The van der Waals surface area contributed by atoms with Crippen molar-refractivity contribution in [1.82, 2.24) is 0 Å². The maximum atomic E-state index is 2.48. The molecule has 0 saturated heterocycles. The van der Waals surface area contributed by atoms with Crippen LogP contribution in [0.1, 0.15) is 120 Å². The average Bonchev–Trinajstić information content (AvgIpc) is 2.35. The largest absolute Gasteiger partial charge is 0.0654 e. The zero-order chi connectivity index (χ0) is 16.6. The fraction of sp³-hybridized carbons (Fsp3) is 1.00. The molecule has 0 fully saturated rings. The van der Waals surface area contributed by atoms with Crippen LogP contribution in [-0.2, 0) is 0 Å². The molecule has 128 valence electrons. The Labute approximate surface area is 136 Å². The van der Waals surface area contributed by atoms with Gasteiger partial charge in [0.05, 0.1) is 0 Å². The van der Waals surface area contributed by atoms with Gasteiger partial charge in [-0.05, 0) is 22.7 Å². The highest BCUT2D eigenvalue weighted by atomic mass is 14.5. The topological polar surface area (TPSA) is 0 Å². The number of unbranched alkanes of at least 4 members (excludes halogenated alkanes) is 8. The first kappa shape index (κ1) is 21.0. The standard InChI is InChI=1S/C21H44/c1-9-10-11-12-13-14-15-16-17-18-20(5,6)21(7,8)19(2,3)4/h9-18H2,1-8H3. The van der Waals surface area contributed by atoms with Crippen LogP contribution in [0.15, 0.2) is 0 Å². The lowest BCUT2D eigenvalue weighted by Gasteiger charge is -2.51. The van der Waals surface area contributed by atoms with Crippen molar-refractivity contribution in [2.24, 2.45) is 16.2 Å². The molecule has 0 heterocycles. The second-order valence-electron chi connectivity index (χ2n) is 9.34. The Bertz CT molecular complexity index is 252. The van der Waals surface area contributed by atoms with E-state index in [1.165, 1.54) is 64.2 Å². The quantitative estimate of drug-likeness (QED) is 0.339. The summed E-state index contributed by atoms with van der Waals surface area (Å²) in [7, 11) is 0. The van der Waals surface area contributed by atoms with Gasteiger partial charge in [0.15, 0.2) is 0 Å². The summed E-state index contributed by atoms with van der Waals surface area (Å²) in [6.45, 7) is 19.3. The first-order valence-corrected chi connectivity index (χ1v) is 9.56. The molecular weight excluding hydrogens is 252 g/mol. The van der Waals surface area contributed by atoms with Gasteiger partial charge in [-0.15, -0.1) is 0 Å². The van der Waals surface area contributed by atoms with Crippen molar-refractivity contribution < 1.29 is 0 Å². The minimum atomic E-state index is 0.371. The van der Waals surface area contributed by atoms with Crippen molar-refractivity contribution in [3.63, 3.8) is 0 Å². The van der Waals surface area contributed by atoms with Crippen LogP contribution in [0, 0.1) is 16.2 Å². The van der Waals surface area contributed by atoms with Gasteiger partial charge in [-0.3, -0.25) is 0 Å². The average molecular weight is 297 g/mol. The van der Waals surface area contributed by atoms with E-state index in [9.17, 15) is 0 Å². The predicted molar refractivity (Wildman–Crippen MR) is 98.9 cm³/mol. The Morgan fingerprint density at radius 2 is 0.905 bits per heavy atom. The molecule has 0 unspecified atom stereocenters. The van der Waals surface area contributed by atoms with Crippen LogP contribution in [-0.4, -0.2) is 0 Å². The second-order valence-corrected chi connectivity index (χ2v) is 9.34. The van der Waals surface area contributed by atoms with Crippen molar-refractivity contribution in [1.29, 1.82) is 0 Å². The zero-order valence-electron chi connectivity index (χ0n) is 16.6. The third-order valence-electron chi connectivity index (χ3n) is 6.47. The maximum Gasteiger partial charge on any atom is -0.0254 e. The third kappa shape index (κ3) is 7.20. The van der Waals surface area contributed by atoms with Gasteiger partial charge >= 0.3 is 0 Å².